The summed E-state index contributed by atoms with van der Waals surface area (Å²) in [7, 11) is 0. The molecule has 0 aliphatic carbocycles. The number of hydrogen-bond donors (Lipinski definition) is 1. The number of amides is 1. The Kier molecular flexibility index (Phi) is 7.35. The van der Waals surface area contributed by atoms with Crippen molar-refractivity contribution in [2.24, 2.45) is 5.10 Å². The molecule has 0 saturated carbocycles. The smallest absolute Gasteiger partial charge is 0.250 e. The molecule has 0 heterocycles. The number of carbonyl (C=O) groups excluding carboxylic acids is 1. The second-order valence-corrected chi connectivity index (χ2v) is 7.16. The van der Waals surface area contributed by atoms with Gasteiger partial charge in [-0.15, -0.1) is 11.8 Å². The lowest BCUT2D eigenvalue weighted by molar-refractivity contribution is -0.118. The Balaban J connectivity index is 1.72. The predicted octanol–water partition coefficient (Wildman–Crippen LogP) is 4.85. The quantitative estimate of drug-likeness (QED) is 0.566. The van der Waals surface area contributed by atoms with Gasteiger partial charge in [0.05, 0.1) is 12.0 Å². The van der Waals surface area contributed by atoms with E-state index in [0.717, 1.165) is 16.9 Å². The molecular formula is C19H21ClN2OS. The molecule has 0 aromatic heterocycles. The number of hydrogen-bond acceptors (Lipinski definition) is 3. The summed E-state index contributed by atoms with van der Waals surface area (Å²) in [6.07, 6.45) is 1.66. The van der Waals surface area contributed by atoms with E-state index >= 15 is 0 Å². The summed E-state index contributed by atoms with van der Waals surface area (Å²) in [5.74, 6) is 1.49. The fraction of sp³-hybridized carbons (Fsp3) is 0.263. The standard InChI is InChI=1S/C19H21ClN2OS/c1-14(2)17-8-6-15(7-9-17)11-21-22-19(23)13-24-12-16-4-3-5-18(20)10-16/h3-11,14H,12-13H2,1-2H3,(H,22,23)/b21-11+. The summed E-state index contributed by atoms with van der Waals surface area (Å²) in [6.45, 7) is 4.31. The second-order valence-electron chi connectivity index (χ2n) is 5.74. The molecule has 2 rings (SSSR count). The van der Waals surface area contributed by atoms with Crippen LogP contribution in [0.5, 0.6) is 0 Å². The van der Waals surface area contributed by atoms with E-state index in [1.807, 2.05) is 36.4 Å². The Labute approximate surface area is 152 Å². The first-order valence-corrected chi connectivity index (χ1v) is 9.32. The van der Waals surface area contributed by atoms with Crippen LogP contribution in [-0.4, -0.2) is 17.9 Å². The zero-order chi connectivity index (χ0) is 17.4. The van der Waals surface area contributed by atoms with E-state index in [1.165, 1.54) is 17.3 Å². The zero-order valence-electron chi connectivity index (χ0n) is 13.8. The minimum Gasteiger partial charge on any atom is -0.272 e. The lowest BCUT2D eigenvalue weighted by Crippen LogP contribution is -2.19. The van der Waals surface area contributed by atoms with Crippen LogP contribution in [-0.2, 0) is 10.5 Å². The highest BCUT2D eigenvalue weighted by atomic mass is 35.5. The van der Waals surface area contributed by atoms with Crippen molar-refractivity contribution in [2.75, 3.05) is 5.75 Å². The molecule has 3 nitrogen and oxygen atoms in total. The molecule has 1 N–H and O–H groups in total. The molecule has 0 aliphatic rings. The van der Waals surface area contributed by atoms with E-state index in [9.17, 15) is 4.79 Å². The van der Waals surface area contributed by atoms with Gasteiger partial charge in [-0.1, -0.05) is 61.8 Å². The van der Waals surface area contributed by atoms with Crippen LogP contribution in [0.3, 0.4) is 0 Å². The minimum absolute atomic E-state index is 0.114. The maximum Gasteiger partial charge on any atom is 0.250 e. The number of rotatable bonds is 7. The van der Waals surface area contributed by atoms with Crippen LogP contribution in [0.25, 0.3) is 0 Å². The van der Waals surface area contributed by atoms with Crippen LogP contribution in [0.1, 0.15) is 36.5 Å². The summed E-state index contributed by atoms with van der Waals surface area (Å²) in [4.78, 5) is 11.8. The Bertz CT molecular complexity index is 699. The predicted molar refractivity (Wildman–Crippen MR) is 104 cm³/mol. The van der Waals surface area contributed by atoms with Gasteiger partial charge in [0.1, 0.15) is 0 Å². The summed E-state index contributed by atoms with van der Waals surface area (Å²) < 4.78 is 0. The van der Waals surface area contributed by atoms with Crippen molar-refractivity contribution in [3.05, 3.63) is 70.2 Å². The molecule has 126 valence electrons. The molecule has 0 atom stereocenters. The van der Waals surface area contributed by atoms with Gasteiger partial charge < -0.3 is 0 Å². The highest BCUT2D eigenvalue weighted by molar-refractivity contribution is 7.99. The van der Waals surface area contributed by atoms with Crippen molar-refractivity contribution >= 4 is 35.5 Å². The number of nitrogens with zero attached hydrogens (tertiary/aromatic N) is 1. The van der Waals surface area contributed by atoms with Crippen LogP contribution >= 0.6 is 23.4 Å². The average Bonchev–Trinajstić information content (AvgIpc) is 2.55. The maximum atomic E-state index is 11.8. The minimum atomic E-state index is -0.114. The highest BCUT2D eigenvalue weighted by Gasteiger charge is 2.01. The lowest BCUT2D eigenvalue weighted by Gasteiger charge is -2.04. The molecule has 2 aromatic carbocycles. The first kappa shape index (κ1) is 18.6. The molecule has 24 heavy (non-hydrogen) atoms. The molecule has 0 spiro atoms. The maximum absolute atomic E-state index is 11.8. The molecule has 1 amide bonds. The third-order valence-electron chi connectivity index (χ3n) is 3.40. The molecule has 0 aliphatic heterocycles. The van der Waals surface area contributed by atoms with Gasteiger partial charge in [-0.25, -0.2) is 5.43 Å². The van der Waals surface area contributed by atoms with Gasteiger partial charge in [0.25, 0.3) is 0 Å². The van der Waals surface area contributed by atoms with E-state index in [-0.39, 0.29) is 5.91 Å². The first-order valence-electron chi connectivity index (χ1n) is 7.78. The van der Waals surface area contributed by atoms with Crippen molar-refractivity contribution < 1.29 is 4.79 Å². The van der Waals surface area contributed by atoms with E-state index in [4.69, 9.17) is 11.6 Å². The van der Waals surface area contributed by atoms with E-state index in [1.54, 1.807) is 6.21 Å². The van der Waals surface area contributed by atoms with Crippen LogP contribution in [0.15, 0.2) is 53.6 Å². The topological polar surface area (TPSA) is 41.5 Å². The normalized spacial score (nSPS) is 11.2. The Morgan fingerprint density at radius 2 is 2.00 bits per heavy atom. The lowest BCUT2D eigenvalue weighted by atomic mass is 10.0. The number of hydrazone groups is 1. The molecule has 0 bridgehead atoms. The number of benzene rings is 2. The molecule has 2 aromatic rings. The summed E-state index contributed by atoms with van der Waals surface area (Å²) >= 11 is 7.46. The summed E-state index contributed by atoms with van der Waals surface area (Å²) in [5, 5.41) is 4.71. The largest absolute Gasteiger partial charge is 0.272 e. The molecule has 0 fully saturated rings. The Hall–Kier alpha value is -1.78. The van der Waals surface area contributed by atoms with Crippen molar-refractivity contribution in [1.29, 1.82) is 0 Å². The fourth-order valence-corrected chi connectivity index (χ4v) is 3.05. The van der Waals surface area contributed by atoms with E-state index < -0.39 is 0 Å². The summed E-state index contributed by atoms with van der Waals surface area (Å²) in [6, 6.07) is 15.8. The molecule has 0 saturated heterocycles. The third-order valence-corrected chi connectivity index (χ3v) is 4.64. The van der Waals surface area contributed by atoms with Gasteiger partial charge in [-0.05, 0) is 34.7 Å². The van der Waals surface area contributed by atoms with Crippen LogP contribution in [0.2, 0.25) is 5.02 Å². The molecular weight excluding hydrogens is 340 g/mol. The number of carbonyl (C=O) groups is 1. The second kappa shape index (κ2) is 9.50. The Morgan fingerprint density at radius 1 is 1.25 bits per heavy atom. The van der Waals surface area contributed by atoms with Crippen molar-refractivity contribution in [3.63, 3.8) is 0 Å². The fourth-order valence-electron chi connectivity index (χ4n) is 2.07. The molecule has 0 unspecified atom stereocenters. The number of nitrogens with one attached hydrogen (secondary N) is 1. The average molecular weight is 361 g/mol. The van der Waals surface area contributed by atoms with Gasteiger partial charge in [-0.3, -0.25) is 4.79 Å². The monoisotopic (exact) mass is 360 g/mol. The molecule has 5 heteroatoms. The number of thioether (sulfide) groups is 1. The van der Waals surface area contributed by atoms with Gasteiger partial charge in [0.15, 0.2) is 0 Å². The van der Waals surface area contributed by atoms with Crippen molar-refractivity contribution in [3.8, 4) is 0 Å². The summed E-state index contributed by atoms with van der Waals surface area (Å²) in [5.41, 5.74) is 5.91. The number of halogens is 1. The van der Waals surface area contributed by atoms with Gasteiger partial charge >= 0.3 is 0 Å². The molecule has 0 radical (unpaired) electrons. The third kappa shape index (κ3) is 6.38. The first-order chi connectivity index (χ1) is 11.5. The SMILES string of the molecule is CC(C)c1ccc(/C=N/NC(=O)CSCc2cccc(Cl)c2)cc1. The van der Waals surface area contributed by atoms with Crippen molar-refractivity contribution in [2.45, 2.75) is 25.5 Å². The van der Waals surface area contributed by atoms with Crippen molar-refractivity contribution in [1.82, 2.24) is 5.43 Å². The van der Waals surface area contributed by atoms with Crippen LogP contribution in [0, 0.1) is 0 Å². The van der Waals surface area contributed by atoms with E-state index in [0.29, 0.717) is 16.7 Å². The van der Waals surface area contributed by atoms with Gasteiger partial charge in [0, 0.05) is 10.8 Å². The van der Waals surface area contributed by atoms with Gasteiger partial charge in [0.2, 0.25) is 5.91 Å². The Morgan fingerprint density at radius 3 is 2.67 bits per heavy atom. The zero-order valence-corrected chi connectivity index (χ0v) is 15.4. The van der Waals surface area contributed by atoms with Crippen LogP contribution < -0.4 is 5.43 Å². The van der Waals surface area contributed by atoms with Crippen LogP contribution in [0.4, 0.5) is 0 Å². The van der Waals surface area contributed by atoms with Gasteiger partial charge in [-0.2, -0.15) is 5.10 Å². The highest BCUT2D eigenvalue weighted by Crippen LogP contribution is 2.16. The van der Waals surface area contributed by atoms with E-state index in [2.05, 4.69) is 36.5 Å².